The Morgan fingerprint density at radius 1 is 1.09 bits per heavy atom. The van der Waals surface area contributed by atoms with Gasteiger partial charge in [-0.05, 0) is 36.8 Å². The number of hydrogen-bond acceptors (Lipinski definition) is 2. The molecule has 0 atom stereocenters. The monoisotopic (exact) mass is 338 g/mol. The van der Waals surface area contributed by atoms with E-state index in [1.54, 1.807) is 18.2 Å². The van der Waals surface area contributed by atoms with Crippen molar-refractivity contribution in [3.63, 3.8) is 0 Å². The van der Waals surface area contributed by atoms with Crippen molar-refractivity contribution in [2.24, 2.45) is 0 Å². The van der Waals surface area contributed by atoms with Crippen LogP contribution in [0.1, 0.15) is 6.42 Å². The Kier molecular flexibility index (Phi) is 6.37. The van der Waals surface area contributed by atoms with Crippen LogP contribution in [0.4, 0.5) is 10.5 Å². The Morgan fingerprint density at radius 2 is 1.86 bits per heavy atom. The predicted octanol–water partition coefficient (Wildman–Crippen LogP) is 4.58. The van der Waals surface area contributed by atoms with E-state index in [1.165, 1.54) is 0 Å². The molecule has 0 fully saturated rings. The molecule has 22 heavy (non-hydrogen) atoms. The molecule has 0 bridgehead atoms. The van der Waals surface area contributed by atoms with E-state index in [0.29, 0.717) is 35.3 Å². The third kappa shape index (κ3) is 5.47. The molecule has 2 rings (SSSR count). The average molecular weight is 339 g/mol. The highest BCUT2D eigenvalue weighted by Crippen LogP contribution is 2.25. The molecule has 0 radical (unpaired) electrons. The van der Waals surface area contributed by atoms with Gasteiger partial charge in [0.1, 0.15) is 5.75 Å². The SMILES string of the molecule is O=C(NCCCOc1ccccc1)Nc1ccc(Cl)cc1Cl. The number of urea groups is 1. The van der Waals surface area contributed by atoms with Crippen LogP contribution in [0.25, 0.3) is 0 Å². The lowest BCUT2D eigenvalue weighted by molar-refractivity contribution is 0.250. The molecule has 0 saturated carbocycles. The summed E-state index contributed by atoms with van der Waals surface area (Å²) >= 11 is 11.8. The van der Waals surface area contributed by atoms with Crippen molar-refractivity contribution in [1.82, 2.24) is 5.32 Å². The van der Waals surface area contributed by atoms with E-state index in [2.05, 4.69) is 10.6 Å². The normalized spacial score (nSPS) is 10.1. The number of anilines is 1. The highest BCUT2D eigenvalue weighted by molar-refractivity contribution is 6.36. The van der Waals surface area contributed by atoms with Crippen molar-refractivity contribution >= 4 is 34.9 Å². The van der Waals surface area contributed by atoms with Gasteiger partial charge < -0.3 is 15.4 Å². The standard InChI is InChI=1S/C16H16Cl2N2O2/c17-12-7-8-15(14(18)11-12)20-16(21)19-9-4-10-22-13-5-2-1-3-6-13/h1-3,5-8,11H,4,9-10H2,(H2,19,20,21). The first-order valence-electron chi connectivity index (χ1n) is 6.83. The zero-order valence-electron chi connectivity index (χ0n) is 11.8. The molecule has 0 aliphatic heterocycles. The van der Waals surface area contributed by atoms with Crippen molar-refractivity contribution in [3.8, 4) is 5.75 Å². The Hall–Kier alpha value is -1.91. The fraction of sp³-hybridized carbons (Fsp3) is 0.188. The first-order valence-corrected chi connectivity index (χ1v) is 7.58. The summed E-state index contributed by atoms with van der Waals surface area (Å²) < 4.78 is 5.53. The average Bonchev–Trinajstić information content (AvgIpc) is 2.51. The van der Waals surface area contributed by atoms with E-state index in [-0.39, 0.29) is 6.03 Å². The summed E-state index contributed by atoms with van der Waals surface area (Å²) in [5, 5.41) is 6.32. The number of amides is 2. The van der Waals surface area contributed by atoms with Crippen molar-refractivity contribution in [2.75, 3.05) is 18.5 Å². The van der Waals surface area contributed by atoms with E-state index in [4.69, 9.17) is 27.9 Å². The lowest BCUT2D eigenvalue weighted by atomic mass is 10.3. The van der Waals surface area contributed by atoms with Gasteiger partial charge in [0.15, 0.2) is 0 Å². The maximum Gasteiger partial charge on any atom is 0.319 e. The summed E-state index contributed by atoms with van der Waals surface area (Å²) in [5.41, 5.74) is 0.518. The third-order valence-electron chi connectivity index (χ3n) is 2.80. The van der Waals surface area contributed by atoms with Gasteiger partial charge in [0.2, 0.25) is 0 Å². The lowest BCUT2D eigenvalue weighted by Gasteiger charge is -2.10. The van der Waals surface area contributed by atoms with Crippen molar-refractivity contribution in [2.45, 2.75) is 6.42 Å². The largest absolute Gasteiger partial charge is 0.494 e. The first kappa shape index (κ1) is 16.5. The maximum atomic E-state index is 11.7. The van der Waals surface area contributed by atoms with Gasteiger partial charge in [0, 0.05) is 11.6 Å². The number of rotatable bonds is 6. The minimum Gasteiger partial charge on any atom is -0.494 e. The fourth-order valence-corrected chi connectivity index (χ4v) is 2.19. The van der Waals surface area contributed by atoms with Crippen LogP contribution >= 0.6 is 23.2 Å². The molecule has 0 aromatic heterocycles. The number of carbonyl (C=O) groups is 1. The van der Waals surface area contributed by atoms with Crippen LogP contribution in [-0.4, -0.2) is 19.2 Å². The van der Waals surface area contributed by atoms with Crippen LogP contribution in [0.5, 0.6) is 5.75 Å². The zero-order valence-corrected chi connectivity index (χ0v) is 13.3. The summed E-state index contributed by atoms with van der Waals surface area (Å²) in [6.45, 7) is 1.04. The molecule has 0 aliphatic carbocycles. The molecular weight excluding hydrogens is 323 g/mol. The van der Waals surface area contributed by atoms with E-state index in [1.807, 2.05) is 30.3 Å². The highest BCUT2D eigenvalue weighted by atomic mass is 35.5. The smallest absolute Gasteiger partial charge is 0.319 e. The molecule has 0 unspecified atom stereocenters. The predicted molar refractivity (Wildman–Crippen MR) is 90.0 cm³/mol. The van der Waals surface area contributed by atoms with E-state index >= 15 is 0 Å². The van der Waals surface area contributed by atoms with Gasteiger partial charge in [0.25, 0.3) is 0 Å². The molecule has 0 saturated heterocycles. The van der Waals surface area contributed by atoms with Crippen LogP contribution in [0.2, 0.25) is 10.0 Å². The second-order valence-corrected chi connectivity index (χ2v) is 5.36. The quantitative estimate of drug-likeness (QED) is 0.757. The number of halogens is 2. The van der Waals surface area contributed by atoms with Gasteiger partial charge >= 0.3 is 6.03 Å². The minimum absolute atomic E-state index is 0.316. The molecule has 0 spiro atoms. The van der Waals surface area contributed by atoms with Crippen molar-refractivity contribution in [3.05, 3.63) is 58.6 Å². The number of benzene rings is 2. The topological polar surface area (TPSA) is 50.4 Å². The second-order valence-electron chi connectivity index (χ2n) is 4.52. The Bertz CT molecular complexity index is 621. The lowest BCUT2D eigenvalue weighted by Crippen LogP contribution is -2.30. The minimum atomic E-state index is -0.316. The van der Waals surface area contributed by atoms with Gasteiger partial charge in [-0.15, -0.1) is 0 Å². The molecule has 6 heteroatoms. The van der Waals surface area contributed by atoms with Gasteiger partial charge in [0.05, 0.1) is 17.3 Å². The Labute approximate surface area is 139 Å². The second kappa shape index (κ2) is 8.51. The number of para-hydroxylation sites is 1. The fourth-order valence-electron chi connectivity index (χ4n) is 1.74. The van der Waals surface area contributed by atoms with E-state index < -0.39 is 0 Å². The summed E-state index contributed by atoms with van der Waals surface area (Å²) in [6, 6.07) is 14.1. The summed E-state index contributed by atoms with van der Waals surface area (Å²) in [7, 11) is 0. The maximum absolute atomic E-state index is 11.7. The van der Waals surface area contributed by atoms with Gasteiger partial charge in [-0.25, -0.2) is 4.79 Å². The van der Waals surface area contributed by atoms with Crippen molar-refractivity contribution in [1.29, 1.82) is 0 Å². The molecule has 2 aromatic rings. The zero-order chi connectivity index (χ0) is 15.8. The van der Waals surface area contributed by atoms with Crippen LogP contribution in [0.3, 0.4) is 0 Å². The molecule has 2 aromatic carbocycles. The summed E-state index contributed by atoms with van der Waals surface area (Å²) in [5.74, 6) is 0.819. The molecular formula is C16H16Cl2N2O2. The molecule has 0 heterocycles. The van der Waals surface area contributed by atoms with Gasteiger partial charge in [-0.3, -0.25) is 0 Å². The number of ether oxygens (including phenoxy) is 1. The van der Waals surface area contributed by atoms with Crippen LogP contribution in [-0.2, 0) is 0 Å². The summed E-state index contributed by atoms with van der Waals surface area (Å²) in [6.07, 6.45) is 0.705. The summed E-state index contributed by atoms with van der Waals surface area (Å²) in [4.78, 5) is 11.7. The highest BCUT2D eigenvalue weighted by Gasteiger charge is 2.05. The van der Waals surface area contributed by atoms with Crippen molar-refractivity contribution < 1.29 is 9.53 Å². The van der Waals surface area contributed by atoms with E-state index in [9.17, 15) is 4.79 Å². The molecule has 2 N–H and O–H groups in total. The molecule has 4 nitrogen and oxygen atoms in total. The van der Waals surface area contributed by atoms with Crippen LogP contribution in [0, 0.1) is 0 Å². The third-order valence-corrected chi connectivity index (χ3v) is 3.35. The van der Waals surface area contributed by atoms with E-state index in [0.717, 1.165) is 5.75 Å². The van der Waals surface area contributed by atoms with Crippen LogP contribution in [0.15, 0.2) is 48.5 Å². The first-order chi connectivity index (χ1) is 10.6. The van der Waals surface area contributed by atoms with Crippen LogP contribution < -0.4 is 15.4 Å². The number of hydrogen-bond donors (Lipinski definition) is 2. The van der Waals surface area contributed by atoms with Gasteiger partial charge in [-0.2, -0.15) is 0 Å². The Morgan fingerprint density at radius 3 is 2.59 bits per heavy atom. The molecule has 116 valence electrons. The molecule has 2 amide bonds. The van der Waals surface area contributed by atoms with Gasteiger partial charge in [-0.1, -0.05) is 41.4 Å². The Balaban J connectivity index is 1.65. The number of carbonyl (C=O) groups excluding carboxylic acids is 1. The molecule has 0 aliphatic rings. The number of nitrogens with one attached hydrogen (secondary N) is 2.